The van der Waals surface area contributed by atoms with Gasteiger partial charge in [-0.25, -0.2) is 0 Å². The van der Waals surface area contributed by atoms with Crippen LogP contribution in [0, 0.1) is 0 Å². The molecule has 4 N–H and O–H groups in total. The number of nitrogens with one attached hydrogen (secondary N) is 2. The number of hydrogen-bond acceptors (Lipinski definition) is 6. The second kappa shape index (κ2) is 6.83. The van der Waals surface area contributed by atoms with E-state index in [1.165, 1.54) is 4.80 Å². The first kappa shape index (κ1) is 19.1. The van der Waals surface area contributed by atoms with Gasteiger partial charge in [-0.3, -0.25) is 15.4 Å². The Labute approximate surface area is 172 Å². The lowest BCUT2D eigenvalue weighted by Crippen LogP contribution is -2.65. The minimum Gasteiger partial charge on any atom is -0.351 e. The van der Waals surface area contributed by atoms with Crippen molar-refractivity contribution in [2.24, 2.45) is 10.7 Å². The summed E-state index contributed by atoms with van der Waals surface area (Å²) >= 11 is 0. The summed E-state index contributed by atoms with van der Waals surface area (Å²) in [6, 6.07) is 1.78. The summed E-state index contributed by atoms with van der Waals surface area (Å²) in [6.07, 6.45) is -0.756. The summed E-state index contributed by atoms with van der Waals surface area (Å²) in [4.78, 5) is 5.43. The monoisotopic (exact) mass is 424 g/mol. The number of alkyl halides is 3. The van der Waals surface area contributed by atoms with Crippen molar-refractivity contribution in [2.75, 3.05) is 6.54 Å². The molecule has 1 fully saturated rings. The molecule has 1 unspecified atom stereocenters. The van der Waals surface area contributed by atoms with Gasteiger partial charge in [-0.2, -0.15) is 33.3 Å². The summed E-state index contributed by atoms with van der Waals surface area (Å²) in [5.74, 6) is -2.18. The van der Waals surface area contributed by atoms with Crippen LogP contribution in [0.25, 0.3) is 0 Å². The molecule has 1 atom stereocenters. The fourth-order valence-corrected chi connectivity index (χ4v) is 3.30. The highest BCUT2D eigenvalue weighted by molar-refractivity contribution is 6.00. The highest BCUT2D eigenvalue weighted by atomic mass is 19.4. The molecule has 2 aliphatic rings. The second-order valence-electron chi connectivity index (χ2n) is 7.85. The molecular formula is C18H24F3N9. The third-order valence-electron chi connectivity index (χ3n) is 5.11. The topological polar surface area (TPSA) is 111 Å². The fourth-order valence-electron chi connectivity index (χ4n) is 3.30. The fraction of sp³-hybridized carbons (Fsp3) is 0.556. The molecule has 1 aliphatic carbocycles. The van der Waals surface area contributed by atoms with Crippen molar-refractivity contribution in [3.63, 3.8) is 0 Å². The molecule has 3 heterocycles. The van der Waals surface area contributed by atoms with Gasteiger partial charge in [0.1, 0.15) is 22.6 Å². The quantitative estimate of drug-likeness (QED) is 0.674. The predicted molar refractivity (Wildman–Crippen MR) is 103 cm³/mol. The van der Waals surface area contributed by atoms with Gasteiger partial charge in [0.05, 0.1) is 25.5 Å². The van der Waals surface area contributed by atoms with Gasteiger partial charge in [-0.05, 0) is 39.7 Å². The molecule has 0 bridgehead atoms. The first-order chi connectivity index (χ1) is 14.5. The van der Waals surface area contributed by atoms with Crippen LogP contribution in [0.4, 0.5) is 13.2 Å². The van der Waals surface area contributed by atoms with Crippen molar-refractivity contribution < 1.29 is 14.5 Å². The number of aromatic nitrogens is 5. The third kappa shape index (κ3) is 3.44. The maximum atomic E-state index is 13.5. The van der Waals surface area contributed by atoms with Gasteiger partial charge in [0.15, 0.2) is 0 Å². The normalized spacial score (nSPS) is 24.6. The SMILES string of the molecule is [2H]C1=C(C(F)(F)F)C(=NCC)NC(N)(c2cc(C(C)(C)n3nccn3)nn2C2CC2)N1. The van der Waals surface area contributed by atoms with E-state index in [0.29, 0.717) is 11.4 Å². The zero-order valence-corrected chi connectivity index (χ0v) is 16.8. The van der Waals surface area contributed by atoms with E-state index < -0.39 is 35.1 Å². The molecule has 0 aromatic carbocycles. The zero-order chi connectivity index (χ0) is 22.6. The molecule has 0 amide bonds. The number of amidine groups is 1. The van der Waals surface area contributed by atoms with Crippen LogP contribution in [0.2, 0.25) is 0 Å². The van der Waals surface area contributed by atoms with E-state index in [4.69, 9.17) is 12.2 Å². The molecule has 12 heteroatoms. The van der Waals surface area contributed by atoms with Crippen LogP contribution in [-0.2, 0) is 11.3 Å². The zero-order valence-electron chi connectivity index (χ0n) is 17.8. The molecule has 0 spiro atoms. The Kier molecular flexibility index (Phi) is 4.34. The third-order valence-corrected chi connectivity index (χ3v) is 5.11. The average molecular weight is 424 g/mol. The van der Waals surface area contributed by atoms with Gasteiger partial charge < -0.3 is 10.6 Å². The van der Waals surface area contributed by atoms with E-state index in [9.17, 15) is 13.2 Å². The molecule has 1 aliphatic heterocycles. The molecular weight excluding hydrogens is 399 g/mol. The number of rotatable bonds is 5. The minimum atomic E-state index is -4.76. The largest absolute Gasteiger partial charge is 0.421 e. The molecule has 162 valence electrons. The number of aliphatic imine (C=N–C) groups is 1. The van der Waals surface area contributed by atoms with Crippen molar-refractivity contribution in [1.29, 1.82) is 0 Å². The van der Waals surface area contributed by atoms with Crippen LogP contribution in [0.5, 0.6) is 0 Å². The lowest BCUT2D eigenvalue weighted by molar-refractivity contribution is -0.0876. The van der Waals surface area contributed by atoms with Gasteiger partial charge in [0.25, 0.3) is 0 Å². The maximum Gasteiger partial charge on any atom is 0.421 e. The molecule has 0 saturated heterocycles. The van der Waals surface area contributed by atoms with Crippen LogP contribution in [-0.4, -0.2) is 43.3 Å². The smallest absolute Gasteiger partial charge is 0.351 e. The van der Waals surface area contributed by atoms with Crippen LogP contribution < -0.4 is 16.4 Å². The van der Waals surface area contributed by atoms with Crippen LogP contribution in [0.1, 0.15) is 52.4 Å². The van der Waals surface area contributed by atoms with E-state index >= 15 is 0 Å². The molecule has 2 aromatic heterocycles. The van der Waals surface area contributed by atoms with E-state index in [-0.39, 0.29) is 12.6 Å². The highest BCUT2D eigenvalue weighted by Gasteiger charge is 2.46. The molecule has 2 aromatic rings. The highest BCUT2D eigenvalue weighted by Crippen LogP contribution is 2.39. The number of nitrogens with zero attached hydrogens (tertiary/aromatic N) is 6. The van der Waals surface area contributed by atoms with Crippen molar-refractivity contribution in [3.8, 4) is 0 Å². The Balaban J connectivity index is 1.81. The average Bonchev–Trinajstić information content (AvgIpc) is 3.17. The Morgan fingerprint density at radius 3 is 2.57 bits per heavy atom. The second-order valence-corrected chi connectivity index (χ2v) is 7.85. The van der Waals surface area contributed by atoms with Gasteiger partial charge in [-0.15, -0.1) is 0 Å². The van der Waals surface area contributed by atoms with Crippen LogP contribution in [0.3, 0.4) is 0 Å². The maximum absolute atomic E-state index is 13.5. The Hall–Kier alpha value is -2.89. The molecule has 1 saturated carbocycles. The lowest BCUT2D eigenvalue weighted by atomic mass is 10.0. The summed E-state index contributed by atoms with van der Waals surface area (Å²) in [5, 5.41) is 18.2. The molecule has 4 rings (SSSR count). The number of nitrogens with two attached hydrogens (primary N) is 1. The Morgan fingerprint density at radius 2 is 2.00 bits per heavy atom. The van der Waals surface area contributed by atoms with Crippen molar-refractivity contribution >= 4 is 5.84 Å². The van der Waals surface area contributed by atoms with Crippen molar-refractivity contribution in [3.05, 3.63) is 41.6 Å². The van der Waals surface area contributed by atoms with Gasteiger partial charge in [-0.1, -0.05) is 0 Å². The van der Waals surface area contributed by atoms with Crippen LogP contribution in [0.15, 0.2) is 35.2 Å². The first-order valence-corrected chi connectivity index (χ1v) is 9.63. The van der Waals surface area contributed by atoms with Crippen molar-refractivity contribution in [2.45, 2.75) is 57.2 Å². The summed E-state index contributed by atoms with van der Waals surface area (Å²) in [5.41, 5.74) is 5.58. The summed E-state index contributed by atoms with van der Waals surface area (Å²) in [6.45, 7) is 5.46. The molecule has 9 nitrogen and oxygen atoms in total. The minimum absolute atomic E-state index is 0.0721. The lowest BCUT2D eigenvalue weighted by Gasteiger charge is -2.37. The number of hydrogen-bond donors (Lipinski definition) is 3. The standard InChI is InChI=1S/C18H24F3N9/c1-4-23-15-12(17(19,20)21)10-24-18(22,27-15)14-9-13(28-29(14)11-5-6-11)16(2,3)30-25-7-8-26-30/h7-11,24H,4-6,22H2,1-3H3,(H,23,27)/i10D. The predicted octanol–water partition coefficient (Wildman–Crippen LogP) is 1.72. The van der Waals surface area contributed by atoms with E-state index in [1.54, 1.807) is 30.1 Å². The van der Waals surface area contributed by atoms with Gasteiger partial charge in [0, 0.05) is 12.7 Å². The van der Waals surface area contributed by atoms with E-state index in [0.717, 1.165) is 12.8 Å². The van der Waals surface area contributed by atoms with Crippen molar-refractivity contribution in [1.82, 2.24) is 35.4 Å². The van der Waals surface area contributed by atoms with Gasteiger partial charge >= 0.3 is 6.18 Å². The van der Waals surface area contributed by atoms with Crippen LogP contribution >= 0.6 is 0 Å². The summed E-state index contributed by atoms with van der Waals surface area (Å²) in [7, 11) is 0. The summed E-state index contributed by atoms with van der Waals surface area (Å²) < 4.78 is 50.4. The first-order valence-electron chi connectivity index (χ1n) is 10.1. The van der Waals surface area contributed by atoms with E-state index in [1.807, 2.05) is 13.8 Å². The molecule has 30 heavy (non-hydrogen) atoms. The Morgan fingerprint density at radius 1 is 1.33 bits per heavy atom. The number of halogens is 3. The van der Waals surface area contributed by atoms with Gasteiger partial charge in [0.2, 0.25) is 5.79 Å². The Bertz CT molecular complexity index is 1030. The molecule has 0 radical (unpaired) electrons. The van der Waals surface area contributed by atoms with E-state index in [2.05, 4.69) is 25.8 Å².